The van der Waals surface area contributed by atoms with Gasteiger partial charge in [0.1, 0.15) is 0 Å². The predicted molar refractivity (Wildman–Crippen MR) is 52.8 cm³/mol. The molecule has 1 saturated carbocycles. The van der Waals surface area contributed by atoms with E-state index in [0.29, 0.717) is 19.0 Å². The summed E-state index contributed by atoms with van der Waals surface area (Å²) in [6, 6.07) is 0.308. The zero-order valence-corrected chi connectivity index (χ0v) is 9.04. The minimum atomic E-state index is -0.224. The maximum atomic E-state index is 10.8. The first-order chi connectivity index (χ1) is 6.48. The Morgan fingerprint density at radius 2 is 2.29 bits per heavy atom. The fourth-order valence-corrected chi connectivity index (χ4v) is 1.70. The van der Waals surface area contributed by atoms with Crippen molar-refractivity contribution < 1.29 is 14.6 Å². The molecule has 2 atom stereocenters. The van der Waals surface area contributed by atoms with E-state index in [1.54, 1.807) is 0 Å². The van der Waals surface area contributed by atoms with Crippen molar-refractivity contribution in [1.29, 1.82) is 0 Å². The largest absolute Gasteiger partial charge is 0.469 e. The molecule has 0 spiro atoms. The molecule has 0 radical (unpaired) electrons. The van der Waals surface area contributed by atoms with E-state index in [2.05, 4.69) is 10.1 Å². The van der Waals surface area contributed by atoms with Gasteiger partial charge in [-0.1, -0.05) is 13.8 Å². The SMILES string of the molecule is COC(=O)CCNC1CC(O)C1(C)C. The van der Waals surface area contributed by atoms with E-state index in [1.807, 2.05) is 13.8 Å². The lowest BCUT2D eigenvalue weighted by atomic mass is 9.64. The average molecular weight is 201 g/mol. The van der Waals surface area contributed by atoms with Crippen molar-refractivity contribution in [3.63, 3.8) is 0 Å². The van der Waals surface area contributed by atoms with Crippen LogP contribution in [0.25, 0.3) is 0 Å². The number of hydrogen-bond donors (Lipinski definition) is 2. The van der Waals surface area contributed by atoms with Gasteiger partial charge in [0.25, 0.3) is 0 Å². The van der Waals surface area contributed by atoms with Gasteiger partial charge in [-0.15, -0.1) is 0 Å². The minimum absolute atomic E-state index is 0.0733. The molecule has 0 aromatic rings. The number of hydrogen-bond acceptors (Lipinski definition) is 4. The summed E-state index contributed by atoms with van der Waals surface area (Å²) >= 11 is 0. The van der Waals surface area contributed by atoms with Crippen molar-refractivity contribution >= 4 is 5.97 Å². The van der Waals surface area contributed by atoms with Crippen molar-refractivity contribution in [3.8, 4) is 0 Å². The molecular weight excluding hydrogens is 182 g/mol. The lowest BCUT2D eigenvalue weighted by Crippen LogP contribution is -2.60. The van der Waals surface area contributed by atoms with Gasteiger partial charge in [0.05, 0.1) is 19.6 Å². The zero-order valence-electron chi connectivity index (χ0n) is 9.04. The highest BCUT2D eigenvalue weighted by atomic mass is 16.5. The number of carbonyl (C=O) groups is 1. The van der Waals surface area contributed by atoms with E-state index in [4.69, 9.17) is 0 Å². The molecule has 0 aromatic carbocycles. The second kappa shape index (κ2) is 4.28. The number of carbonyl (C=O) groups excluding carboxylic acids is 1. The van der Waals surface area contributed by atoms with Crippen molar-refractivity contribution in [2.75, 3.05) is 13.7 Å². The molecule has 4 heteroatoms. The maximum absolute atomic E-state index is 10.8. The van der Waals surface area contributed by atoms with E-state index in [9.17, 15) is 9.90 Å². The molecule has 0 amide bonds. The summed E-state index contributed by atoms with van der Waals surface area (Å²) in [5, 5.41) is 12.7. The normalized spacial score (nSPS) is 29.4. The van der Waals surface area contributed by atoms with E-state index in [0.717, 1.165) is 6.42 Å². The van der Waals surface area contributed by atoms with Gasteiger partial charge in [0.2, 0.25) is 0 Å². The smallest absolute Gasteiger partial charge is 0.306 e. The summed E-state index contributed by atoms with van der Waals surface area (Å²) in [6.07, 6.45) is 0.936. The van der Waals surface area contributed by atoms with Crippen LogP contribution in [0, 0.1) is 5.41 Å². The number of nitrogens with one attached hydrogen (secondary N) is 1. The van der Waals surface area contributed by atoms with Gasteiger partial charge < -0.3 is 15.2 Å². The second-order valence-corrected chi connectivity index (χ2v) is 4.41. The molecule has 1 rings (SSSR count). The molecule has 0 aromatic heterocycles. The van der Waals surface area contributed by atoms with E-state index >= 15 is 0 Å². The third-order valence-corrected chi connectivity index (χ3v) is 3.16. The first-order valence-corrected chi connectivity index (χ1v) is 4.96. The minimum Gasteiger partial charge on any atom is -0.469 e. The van der Waals surface area contributed by atoms with Gasteiger partial charge in [0, 0.05) is 18.0 Å². The molecule has 0 aliphatic heterocycles. The van der Waals surface area contributed by atoms with Gasteiger partial charge in [-0.25, -0.2) is 0 Å². The van der Waals surface area contributed by atoms with E-state index < -0.39 is 0 Å². The Bertz CT molecular complexity index is 215. The number of ether oxygens (including phenoxy) is 1. The molecule has 82 valence electrons. The third-order valence-electron chi connectivity index (χ3n) is 3.16. The number of esters is 1. The molecular formula is C10H19NO3. The summed E-state index contributed by atoms with van der Waals surface area (Å²) in [6.45, 7) is 4.67. The summed E-state index contributed by atoms with van der Waals surface area (Å²) in [7, 11) is 1.39. The average Bonchev–Trinajstić information content (AvgIpc) is 2.16. The molecule has 1 aliphatic carbocycles. The van der Waals surface area contributed by atoms with Crippen molar-refractivity contribution in [2.24, 2.45) is 5.41 Å². The molecule has 1 aliphatic rings. The van der Waals surface area contributed by atoms with Crippen LogP contribution in [0.4, 0.5) is 0 Å². The Morgan fingerprint density at radius 3 is 2.71 bits per heavy atom. The molecule has 4 nitrogen and oxygen atoms in total. The number of aliphatic hydroxyl groups is 1. The number of methoxy groups -OCH3 is 1. The molecule has 0 heterocycles. The van der Waals surface area contributed by atoms with E-state index in [-0.39, 0.29) is 17.5 Å². The standard InChI is InChI=1S/C10H19NO3/c1-10(2)7(6-8(10)12)11-5-4-9(13)14-3/h7-8,11-12H,4-6H2,1-3H3. The number of rotatable bonds is 4. The Labute approximate surface area is 84.6 Å². The highest BCUT2D eigenvalue weighted by molar-refractivity contribution is 5.69. The zero-order chi connectivity index (χ0) is 10.8. The molecule has 2 unspecified atom stereocenters. The summed E-state index contributed by atoms with van der Waals surface area (Å²) in [5.41, 5.74) is -0.0733. The van der Waals surface area contributed by atoms with Crippen LogP contribution in [-0.4, -0.2) is 36.9 Å². The lowest BCUT2D eigenvalue weighted by molar-refractivity contribution is -0.140. The van der Waals surface area contributed by atoms with Crippen LogP contribution in [0.5, 0.6) is 0 Å². The third kappa shape index (κ3) is 2.25. The van der Waals surface area contributed by atoms with Crippen LogP contribution >= 0.6 is 0 Å². The van der Waals surface area contributed by atoms with Gasteiger partial charge >= 0.3 is 5.97 Å². The highest BCUT2D eigenvalue weighted by Gasteiger charge is 2.46. The summed E-state index contributed by atoms with van der Waals surface area (Å²) < 4.78 is 4.53. The monoisotopic (exact) mass is 201 g/mol. The molecule has 0 bridgehead atoms. The Hall–Kier alpha value is -0.610. The van der Waals surface area contributed by atoms with Crippen LogP contribution < -0.4 is 5.32 Å². The quantitative estimate of drug-likeness (QED) is 0.642. The topological polar surface area (TPSA) is 58.6 Å². The second-order valence-electron chi connectivity index (χ2n) is 4.41. The summed E-state index contributed by atoms with van der Waals surface area (Å²) in [4.78, 5) is 10.8. The van der Waals surface area contributed by atoms with Gasteiger partial charge in [-0.05, 0) is 6.42 Å². The van der Waals surface area contributed by atoms with Gasteiger partial charge in [0.15, 0.2) is 0 Å². The fourth-order valence-electron chi connectivity index (χ4n) is 1.70. The van der Waals surface area contributed by atoms with Gasteiger partial charge in [-0.3, -0.25) is 4.79 Å². The van der Waals surface area contributed by atoms with Crippen LogP contribution in [0.1, 0.15) is 26.7 Å². The molecule has 2 N–H and O–H groups in total. The van der Waals surface area contributed by atoms with Crippen LogP contribution in [0.3, 0.4) is 0 Å². The lowest BCUT2D eigenvalue weighted by Gasteiger charge is -2.49. The van der Waals surface area contributed by atoms with Crippen molar-refractivity contribution in [2.45, 2.75) is 38.8 Å². The Morgan fingerprint density at radius 1 is 1.64 bits per heavy atom. The molecule has 1 fully saturated rings. The predicted octanol–water partition coefficient (Wildman–Crippen LogP) is 0.298. The van der Waals surface area contributed by atoms with Crippen LogP contribution in [0.2, 0.25) is 0 Å². The first kappa shape index (κ1) is 11.5. The van der Waals surface area contributed by atoms with Crippen molar-refractivity contribution in [3.05, 3.63) is 0 Å². The Kier molecular flexibility index (Phi) is 3.50. The summed E-state index contributed by atoms with van der Waals surface area (Å²) in [5.74, 6) is -0.199. The van der Waals surface area contributed by atoms with Crippen LogP contribution in [0.15, 0.2) is 0 Å². The highest BCUT2D eigenvalue weighted by Crippen LogP contribution is 2.40. The van der Waals surface area contributed by atoms with Crippen molar-refractivity contribution in [1.82, 2.24) is 5.32 Å². The Balaban J connectivity index is 2.18. The van der Waals surface area contributed by atoms with Gasteiger partial charge in [-0.2, -0.15) is 0 Å². The molecule has 0 saturated heterocycles. The maximum Gasteiger partial charge on any atom is 0.306 e. The van der Waals surface area contributed by atoms with Crippen LogP contribution in [-0.2, 0) is 9.53 Å². The molecule has 14 heavy (non-hydrogen) atoms. The van der Waals surface area contributed by atoms with E-state index in [1.165, 1.54) is 7.11 Å². The number of aliphatic hydroxyl groups excluding tert-OH is 1. The fraction of sp³-hybridized carbons (Fsp3) is 0.900. The first-order valence-electron chi connectivity index (χ1n) is 4.96.